The Kier molecular flexibility index (Phi) is 10.2. The predicted molar refractivity (Wildman–Crippen MR) is 191 cm³/mol. The van der Waals surface area contributed by atoms with Gasteiger partial charge in [-0.05, 0) is 73.2 Å². The Hall–Kier alpha value is -5.77. The van der Waals surface area contributed by atoms with E-state index >= 15 is 0 Å². The van der Waals surface area contributed by atoms with E-state index in [9.17, 15) is 4.79 Å². The summed E-state index contributed by atoms with van der Waals surface area (Å²) < 4.78 is 8.11. The van der Waals surface area contributed by atoms with Crippen molar-refractivity contribution >= 4 is 39.9 Å². The number of fused-ring (bicyclic) bond motifs is 1. The fraction of sp³-hybridized carbons (Fsp3) is 0.237. The van der Waals surface area contributed by atoms with Gasteiger partial charge in [0.2, 0.25) is 0 Å². The second kappa shape index (κ2) is 15.2. The van der Waals surface area contributed by atoms with Crippen LogP contribution in [0, 0.1) is 0 Å². The van der Waals surface area contributed by atoms with Gasteiger partial charge in [-0.3, -0.25) is 10.3 Å². The minimum atomic E-state index is -0.352. The number of urea groups is 1. The molecule has 48 heavy (non-hydrogen) atoms. The number of anilines is 4. The molecule has 2 amide bonds. The second-order valence-electron chi connectivity index (χ2n) is 11.5. The predicted octanol–water partition coefficient (Wildman–Crippen LogP) is 8.64. The third kappa shape index (κ3) is 7.78. The number of hydrogen-bond acceptors (Lipinski definition) is 7. The van der Waals surface area contributed by atoms with Gasteiger partial charge in [-0.2, -0.15) is 5.10 Å². The van der Waals surface area contributed by atoms with Gasteiger partial charge in [0.15, 0.2) is 0 Å². The molecule has 0 spiro atoms. The largest absolute Gasteiger partial charge is 0.488 e. The van der Waals surface area contributed by atoms with Crippen LogP contribution < -0.4 is 20.7 Å². The summed E-state index contributed by atoms with van der Waals surface area (Å²) in [6.45, 7) is 6.66. The number of pyridine rings is 1. The van der Waals surface area contributed by atoms with E-state index in [1.807, 2.05) is 78.3 Å². The van der Waals surface area contributed by atoms with Gasteiger partial charge in [-0.15, -0.1) is 0 Å². The number of nitrogens with zero attached hydrogens (tertiary/aromatic N) is 5. The topological polar surface area (TPSA) is 119 Å². The molecular formula is C38H40N8O2. The molecule has 3 aromatic heterocycles. The molecule has 244 valence electrons. The van der Waals surface area contributed by atoms with Crippen molar-refractivity contribution in [1.29, 1.82) is 0 Å². The van der Waals surface area contributed by atoms with E-state index in [-0.39, 0.29) is 6.03 Å². The molecule has 6 aromatic rings. The lowest BCUT2D eigenvalue weighted by Crippen LogP contribution is -2.21. The standard InChI is InChI=1S/C38H40N8O2/c1-4-7-12-29-22-37(46(45-29)30-13-10-11-26(5-2)20-30)44-38(47)42-33-16-17-34(32-15-9-8-14-31(32)33)48-25-27-18-19-40-35(21-27)43-36-24-39-23-28(6-3)41-36/h8-11,13-24H,4-7,12,25H2,1-3H3,(H,40,41,43)(H2,42,44,47). The van der Waals surface area contributed by atoms with E-state index in [1.165, 1.54) is 5.56 Å². The van der Waals surface area contributed by atoms with Crippen LogP contribution in [0.25, 0.3) is 16.5 Å². The van der Waals surface area contributed by atoms with Gasteiger partial charge in [0.25, 0.3) is 0 Å². The number of amides is 2. The van der Waals surface area contributed by atoms with E-state index < -0.39 is 0 Å². The minimum absolute atomic E-state index is 0.332. The smallest absolute Gasteiger partial charge is 0.324 e. The fourth-order valence-electron chi connectivity index (χ4n) is 5.44. The van der Waals surface area contributed by atoms with Crippen LogP contribution in [0.1, 0.15) is 56.1 Å². The third-order valence-electron chi connectivity index (χ3n) is 8.01. The molecule has 10 nitrogen and oxygen atoms in total. The Morgan fingerprint density at radius 3 is 2.52 bits per heavy atom. The monoisotopic (exact) mass is 640 g/mol. The lowest BCUT2D eigenvalue weighted by Gasteiger charge is -2.15. The van der Waals surface area contributed by atoms with Gasteiger partial charge in [-0.1, -0.05) is 63.6 Å². The fourth-order valence-corrected chi connectivity index (χ4v) is 5.44. The number of aryl methyl sites for hydroxylation is 3. The molecular weight excluding hydrogens is 600 g/mol. The molecule has 0 aliphatic rings. The Morgan fingerprint density at radius 1 is 0.812 bits per heavy atom. The maximum absolute atomic E-state index is 13.4. The van der Waals surface area contributed by atoms with E-state index in [0.29, 0.717) is 35.5 Å². The van der Waals surface area contributed by atoms with Gasteiger partial charge in [0, 0.05) is 29.2 Å². The van der Waals surface area contributed by atoms with Crippen LogP contribution in [0.2, 0.25) is 0 Å². The van der Waals surface area contributed by atoms with Crippen molar-refractivity contribution in [3.63, 3.8) is 0 Å². The molecule has 0 saturated heterocycles. The Morgan fingerprint density at radius 2 is 1.69 bits per heavy atom. The summed E-state index contributed by atoms with van der Waals surface area (Å²) >= 11 is 0. The van der Waals surface area contributed by atoms with E-state index in [1.54, 1.807) is 18.6 Å². The Bertz CT molecular complexity index is 2020. The lowest BCUT2D eigenvalue weighted by atomic mass is 10.1. The highest BCUT2D eigenvalue weighted by Gasteiger charge is 2.15. The molecule has 0 fully saturated rings. The van der Waals surface area contributed by atoms with Crippen molar-refractivity contribution in [2.75, 3.05) is 16.0 Å². The van der Waals surface area contributed by atoms with Crippen LogP contribution in [0.5, 0.6) is 5.75 Å². The summed E-state index contributed by atoms with van der Waals surface area (Å²) in [5, 5.41) is 15.9. The quantitative estimate of drug-likeness (QED) is 0.116. The lowest BCUT2D eigenvalue weighted by molar-refractivity contribution is 0.262. The van der Waals surface area contributed by atoms with Crippen molar-refractivity contribution in [3.8, 4) is 11.4 Å². The van der Waals surface area contributed by atoms with Gasteiger partial charge >= 0.3 is 6.03 Å². The van der Waals surface area contributed by atoms with Crippen LogP contribution in [0.4, 0.5) is 27.9 Å². The zero-order valence-electron chi connectivity index (χ0n) is 27.5. The van der Waals surface area contributed by atoms with E-state index in [2.05, 4.69) is 56.9 Å². The molecule has 0 bridgehead atoms. The number of rotatable bonds is 13. The van der Waals surface area contributed by atoms with Crippen molar-refractivity contribution in [3.05, 3.63) is 120 Å². The zero-order valence-corrected chi connectivity index (χ0v) is 27.5. The number of ether oxygens (including phenoxy) is 1. The van der Waals surface area contributed by atoms with Crippen LogP contribution >= 0.6 is 0 Å². The summed E-state index contributed by atoms with van der Waals surface area (Å²) in [7, 11) is 0. The third-order valence-corrected chi connectivity index (χ3v) is 8.01. The van der Waals surface area contributed by atoms with Crippen LogP contribution in [0.15, 0.2) is 97.5 Å². The van der Waals surface area contributed by atoms with Crippen LogP contribution in [-0.2, 0) is 25.9 Å². The molecule has 6 rings (SSSR count). The average molecular weight is 641 g/mol. The molecule has 0 aliphatic heterocycles. The van der Waals surface area contributed by atoms with Crippen LogP contribution in [0.3, 0.4) is 0 Å². The van der Waals surface area contributed by atoms with Crippen molar-refractivity contribution in [1.82, 2.24) is 24.7 Å². The number of benzene rings is 3. The number of aromatic nitrogens is 5. The highest BCUT2D eigenvalue weighted by molar-refractivity contribution is 6.07. The first-order valence-corrected chi connectivity index (χ1v) is 16.5. The van der Waals surface area contributed by atoms with E-state index in [4.69, 9.17) is 9.84 Å². The zero-order chi connectivity index (χ0) is 33.3. The maximum atomic E-state index is 13.4. The van der Waals surface area contributed by atoms with Gasteiger partial charge in [0.1, 0.15) is 29.8 Å². The average Bonchev–Trinajstić information content (AvgIpc) is 3.52. The minimum Gasteiger partial charge on any atom is -0.488 e. The number of nitrogens with one attached hydrogen (secondary N) is 3. The van der Waals surface area contributed by atoms with Gasteiger partial charge in [0.05, 0.1) is 29.0 Å². The first-order valence-electron chi connectivity index (χ1n) is 16.5. The summed E-state index contributed by atoms with van der Waals surface area (Å²) in [4.78, 5) is 26.7. The van der Waals surface area contributed by atoms with Gasteiger partial charge < -0.3 is 15.4 Å². The second-order valence-corrected chi connectivity index (χ2v) is 11.5. The molecule has 0 aliphatic carbocycles. The van der Waals surface area contributed by atoms with Crippen LogP contribution in [-0.4, -0.2) is 30.8 Å². The maximum Gasteiger partial charge on any atom is 0.324 e. The van der Waals surface area contributed by atoms with Crippen molar-refractivity contribution in [2.24, 2.45) is 0 Å². The first kappa shape index (κ1) is 32.2. The highest BCUT2D eigenvalue weighted by Crippen LogP contribution is 2.32. The summed E-state index contributed by atoms with van der Waals surface area (Å²) in [6, 6.07) is 25.3. The first-order chi connectivity index (χ1) is 23.5. The molecule has 0 atom stereocenters. The van der Waals surface area contributed by atoms with Crippen molar-refractivity contribution < 1.29 is 9.53 Å². The summed E-state index contributed by atoms with van der Waals surface area (Å²) in [5.41, 5.74) is 5.58. The molecule has 0 radical (unpaired) electrons. The summed E-state index contributed by atoms with van der Waals surface area (Å²) in [5.74, 6) is 2.63. The number of carbonyl (C=O) groups excluding carboxylic acids is 1. The number of hydrogen-bond donors (Lipinski definition) is 3. The highest BCUT2D eigenvalue weighted by atomic mass is 16.5. The SMILES string of the molecule is CCCCc1cc(NC(=O)Nc2ccc(OCc3ccnc(Nc4cncc(CC)n4)c3)c3ccccc23)n(-c2cccc(CC)c2)n1. The Balaban J connectivity index is 1.17. The van der Waals surface area contributed by atoms with Crippen molar-refractivity contribution in [2.45, 2.75) is 59.5 Å². The molecule has 0 unspecified atom stereocenters. The summed E-state index contributed by atoms with van der Waals surface area (Å²) in [6.07, 6.45) is 9.83. The molecule has 3 N–H and O–H groups in total. The number of carbonyl (C=O) groups is 1. The Labute approximate surface area is 280 Å². The molecule has 0 saturated carbocycles. The van der Waals surface area contributed by atoms with E-state index in [0.717, 1.165) is 65.5 Å². The van der Waals surface area contributed by atoms with Gasteiger partial charge in [-0.25, -0.2) is 19.4 Å². The normalized spacial score (nSPS) is 11.0. The molecule has 3 heterocycles. The molecule has 10 heteroatoms. The number of unbranched alkanes of at least 4 members (excludes halogenated alkanes) is 1. The molecule has 3 aromatic carbocycles.